The molecule has 1 heterocycles. The van der Waals surface area contributed by atoms with Crippen molar-refractivity contribution < 1.29 is 5.11 Å². The molecule has 0 aliphatic heterocycles. The highest BCUT2D eigenvalue weighted by atomic mass is 35.5. The zero-order valence-electron chi connectivity index (χ0n) is 10.2. The lowest BCUT2D eigenvalue weighted by Crippen LogP contribution is -2.19. The second-order valence-electron chi connectivity index (χ2n) is 4.79. The third-order valence-corrected chi connectivity index (χ3v) is 3.76. The number of nitrogens with zero attached hydrogens (tertiary/aromatic N) is 1. The molecule has 1 saturated carbocycles. The number of nitrogens with one attached hydrogen (secondary N) is 1. The molecule has 0 bridgehead atoms. The summed E-state index contributed by atoms with van der Waals surface area (Å²) in [6.07, 6.45) is 3.17. The van der Waals surface area contributed by atoms with Gasteiger partial charge in [-0.1, -0.05) is 30.2 Å². The van der Waals surface area contributed by atoms with Gasteiger partial charge in [0.2, 0.25) is 5.88 Å². The lowest BCUT2D eigenvalue weighted by Gasteiger charge is -2.24. The van der Waals surface area contributed by atoms with Crippen LogP contribution in [0.4, 0.5) is 0 Å². The second-order valence-corrected chi connectivity index (χ2v) is 5.22. The Balaban J connectivity index is 2.09. The van der Waals surface area contributed by atoms with Crippen molar-refractivity contribution in [1.82, 2.24) is 9.97 Å². The van der Waals surface area contributed by atoms with Crippen LogP contribution in [0.1, 0.15) is 31.0 Å². The maximum Gasteiger partial charge on any atom is 0.262 e. The van der Waals surface area contributed by atoms with Crippen molar-refractivity contribution in [3.8, 4) is 17.0 Å². The summed E-state index contributed by atoms with van der Waals surface area (Å²) in [5.74, 6) is 0.624. The van der Waals surface area contributed by atoms with Gasteiger partial charge >= 0.3 is 0 Å². The highest BCUT2D eigenvalue weighted by molar-refractivity contribution is 6.30. The van der Waals surface area contributed by atoms with Crippen LogP contribution in [-0.2, 0) is 0 Å². The highest BCUT2D eigenvalue weighted by Crippen LogP contribution is 2.35. The molecule has 1 aliphatic carbocycles. The number of H-pyrrole nitrogens is 1. The molecular formula is C14H13ClN2O2. The van der Waals surface area contributed by atoms with E-state index in [1.165, 1.54) is 0 Å². The van der Waals surface area contributed by atoms with E-state index in [-0.39, 0.29) is 22.9 Å². The maximum atomic E-state index is 12.1. The first-order valence-electron chi connectivity index (χ1n) is 6.24. The van der Waals surface area contributed by atoms with Crippen molar-refractivity contribution in [2.75, 3.05) is 0 Å². The topological polar surface area (TPSA) is 66.0 Å². The molecule has 1 fully saturated rings. The summed E-state index contributed by atoms with van der Waals surface area (Å²) in [6, 6.07) is 6.81. The number of hydrogen-bond donors (Lipinski definition) is 2. The van der Waals surface area contributed by atoms with Crippen molar-refractivity contribution in [3.05, 3.63) is 45.5 Å². The normalized spacial score (nSPS) is 15.2. The standard InChI is InChI=1S/C14H13ClN2O2/c15-10-6-2-5-9(7-10)11-13(18)16-12(17-14(11)19)8-3-1-4-8/h2,5-8H,1,3-4H2,(H2,16,17,18,19). The van der Waals surface area contributed by atoms with Crippen LogP contribution in [0.2, 0.25) is 5.02 Å². The van der Waals surface area contributed by atoms with E-state index in [9.17, 15) is 9.90 Å². The molecule has 0 unspecified atom stereocenters. The number of aromatic hydroxyl groups is 1. The molecule has 98 valence electrons. The Morgan fingerprint density at radius 1 is 1.37 bits per heavy atom. The summed E-state index contributed by atoms with van der Waals surface area (Å²) in [5.41, 5.74) is 0.418. The van der Waals surface area contributed by atoms with E-state index < -0.39 is 0 Å². The van der Waals surface area contributed by atoms with Crippen LogP contribution in [0.25, 0.3) is 11.1 Å². The van der Waals surface area contributed by atoms with Crippen LogP contribution in [-0.4, -0.2) is 15.1 Å². The minimum absolute atomic E-state index is 0.172. The summed E-state index contributed by atoms with van der Waals surface area (Å²) in [5, 5.41) is 10.5. The number of aromatic amines is 1. The van der Waals surface area contributed by atoms with Crippen molar-refractivity contribution in [1.29, 1.82) is 0 Å². The number of benzene rings is 1. The third-order valence-electron chi connectivity index (χ3n) is 3.52. The molecule has 4 nitrogen and oxygen atoms in total. The Morgan fingerprint density at radius 2 is 2.16 bits per heavy atom. The van der Waals surface area contributed by atoms with Gasteiger partial charge in [-0.3, -0.25) is 4.79 Å². The van der Waals surface area contributed by atoms with Crippen LogP contribution in [0.15, 0.2) is 29.1 Å². The molecule has 1 aromatic heterocycles. The lowest BCUT2D eigenvalue weighted by molar-refractivity contribution is 0.387. The first-order valence-corrected chi connectivity index (χ1v) is 6.62. The summed E-state index contributed by atoms with van der Waals surface area (Å²) in [6.45, 7) is 0. The molecule has 5 heteroatoms. The zero-order chi connectivity index (χ0) is 13.4. The largest absolute Gasteiger partial charge is 0.493 e. The quantitative estimate of drug-likeness (QED) is 0.886. The van der Waals surface area contributed by atoms with Gasteiger partial charge in [-0.05, 0) is 30.5 Å². The van der Waals surface area contributed by atoms with Gasteiger partial charge < -0.3 is 10.1 Å². The highest BCUT2D eigenvalue weighted by Gasteiger charge is 2.24. The van der Waals surface area contributed by atoms with E-state index in [1.807, 2.05) is 0 Å². The number of aromatic nitrogens is 2. The van der Waals surface area contributed by atoms with Gasteiger partial charge in [0.05, 0.1) is 0 Å². The third kappa shape index (κ3) is 2.24. The van der Waals surface area contributed by atoms with Crippen molar-refractivity contribution in [2.24, 2.45) is 0 Å². The SMILES string of the molecule is O=c1[nH]c(C2CCC2)nc(O)c1-c1cccc(Cl)c1. The molecule has 0 saturated heterocycles. The van der Waals surface area contributed by atoms with E-state index >= 15 is 0 Å². The van der Waals surface area contributed by atoms with Gasteiger partial charge in [0.15, 0.2) is 0 Å². The molecule has 0 spiro atoms. The van der Waals surface area contributed by atoms with Crippen LogP contribution < -0.4 is 5.56 Å². The predicted molar refractivity (Wildman–Crippen MR) is 73.6 cm³/mol. The fraction of sp³-hybridized carbons (Fsp3) is 0.286. The van der Waals surface area contributed by atoms with E-state index in [0.717, 1.165) is 19.3 Å². The molecular weight excluding hydrogens is 264 g/mol. The van der Waals surface area contributed by atoms with E-state index in [0.29, 0.717) is 16.4 Å². The molecule has 0 atom stereocenters. The maximum absolute atomic E-state index is 12.1. The number of rotatable bonds is 2. The average molecular weight is 277 g/mol. The van der Waals surface area contributed by atoms with Crippen LogP contribution in [0, 0.1) is 0 Å². The molecule has 2 N–H and O–H groups in total. The minimum atomic E-state index is -0.323. The van der Waals surface area contributed by atoms with Crippen molar-refractivity contribution in [2.45, 2.75) is 25.2 Å². The van der Waals surface area contributed by atoms with Gasteiger partial charge in [0.25, 0.3) is 5.56 Å². The lowest BCUT2D eigenvalue weighted by atomic mass is 9.85. The van der Waals surface area contributed by atoms with Crippen molar-refractivity contribution in [3.63, 3.8) is 0 Å². The van der Waals surface area contributed by atoms with Crippen LogP contribution in [0.3, 0.4) is 0 Å². The van der Waals surface area contributed by atoms with E-state index in [2.05, 4.69) is 9.97 Å². The molecule has 0 amide bonds. The molecule has 2 aromatic rings. The Labute approximate surface area is 115 Å². The van der Waals surface area contributed by atoms with Gasteiger partial charge in [-0.15, -0.1) is 0 Å². The van der Waals surface area contributed by atoms with Gasteiger partial charge in [0.1, 0.15) is 11.4 Å². The average Bonchev–Trinajstić information content (AvgIpc) is 2.25. The summed E-state index contributed by atoms with van der Waals surface area (Å²) >= 11 is 5.90. The summed E-state index contributed by atoms with van der Waals surface area (Å²) < 4.78 is 0. The Morgan fingerprint density at radius 3 is 2.74 bits per heavy atom. The fourth-order valence-corrected chi connectivity index (χ4v) is 2.45. The predicted octanol–water partition coefficient (Wildman–Crippen LogP) is 3.06. The summed E-state index contributed by atoms with van der Waals surface area (Å²) in [4.78, 5) is 19.0. The zero-order valence-corrected chi connectivity index (χ0v) is 10.9. The van der Waals surface area contributed by atoms with Gasteiger partial charge in [0, 0.05) is 10.9 Å². The molecule has 1 aromatic carbocycles. The first-order chi connectivity index (χ1) is 9.15. The minimum Gasteiger partial charge on any atom is -0.493 e. The van der Waals surface area contributed by atoms with Crippen LogP contribution >= 0.6 is 11.6 Å². The first kappa shape index (κ1) is 12.2. The van der Waals surface area contributed by atoms with E-state index in [1.54, 1.807) is 24.3 Å². The summed E-state index contributed by atoms with van der Waals surface area (Å²) in [7, 11) is 0. The van der Waals surface area contributed by atoms with Crippen LogP contribution in [0.5, 0.6) is 5.88 Å². The van der Waals surface area contributed by atoms with Crippen molar-refractivity contribution >= 4 is 11.6 Å². The molecule has 19 heavy (non-hydrogen) atoms. The second kappa shape index (κ2) is 4.70. The molecule has 0 radical (unpaired) electrons. The number of halogens is 1. The van der Waals surface area contributed by atoms with E-state index in [4.69, 9.17) is 11.6 Å². The van der Waals surface area contributed by atoms with Gasteiger partial charge in [-0.25, -0.2) is 0 Å². The number of hydrogen-bond acceptors (Lipinski definition) is 3. The van der Waals surface area contributed by atoms with Gasteiger partial charge in [-0.2, -0.15) is 4.98 Å². The fourth-order valence-electron chi connectivity index (χ4n) is 2.26. The molecule has 3 rings (SSSR count). The Kier molecular flexibility index (Phi) is 3.03. The molecule has 1 aliphatic rings. The Bertz CT molecular complexity index is 677. The Hall–Kier alpha value is -1.81. The monoisotopic (exact) mass is 276 g/mol. The smallest absolute Gasteiger partial charge is 0.262 e.